The molecule has 7 heteroatoms. The van der Waals surface area contributed by atoms with Crippen LogP contribution in [-0.2, 0) is 0 Å². The van der Waals surface area contributed by atoms with Gasteiger partial charge in [0, 0.05) is 19.3 Å². The van der Waals surface area contributed by atoms with Crippen LogP contribution in [0.4, 0.5) is 0 Å². The van der Waals surface area contributed by atoms with Gasteiger partial charge in [-0.15, -0.1) is 0 Å². The van der Waals surface area contributed by atoms with Gasteiger partial charge in [0.1, 0.15) is 6.17 Å². The van der Waals surface area contributed by atoms with Gasteiger partial charge >= 0.3 is 0 Å². The average Bonchev–Trinajstić information content (AvgIpc) is 2.71. The summed E-state index contributed by atoms with van der Waals surface area (Å²) in [4.78, 5) is 27.1. The molecule has 3 atom stereocenters. The number of amides is 1. The van der Waals surface area contributed by atoms with Gasteiger partial charge in [0.25, 0.3) is 5.91 Å². The number of ether oxygens (including phenoxy) is 1. The van der Waals surface area contributed by atoms with Crippen molar-refractivity contribution in [3.05, 3.63) is 76.2 Å². The minimum atomic E-state index is -0.297. The zero-order valence-corrected chi connectivity index (χ0v) is 16.2. The minimum Gasteiger partial charge on any atom is -0.491 e. The lowest BCUT2D eigenvalue weighted by molar-refractivity contribution is 0.0620. The normalized spacial score (nSPS) is 23.8. The summed E-state index contributed by atoms with van der Waals surface area (Å²) < 4.78 is 7.09. The Balaban J connectivity index is 1.97. The molecule has 0 saturated carbocycles. The van der Waals surface area contributed by atoms with Crippen LogP contribution in [0.2, 0.25) is 0 Å². The van der Waals surface area contributed by atoms with Crippen LogP contribution >= 0.6 is 11.8 Å². The van der Waals surface area contributed by atoms with Crippen molar-refractivity contribution in [2.45, 2.75) is 17.5 Å². The first-order chi connectivity index (χ1) is 13.1. The molecule has 0 bridgehead atoms. The molecule has 4 rings (SSSR count). The summed E-state index contributed by atoms with van der Waals surface area (Å²) in [5.41, 5.74) is 1.08. The molecule has 0 spiro atoms. The number of methoxy groups -OCH3 is 1. The van der Waals surface area contributed by atoms with E-state index in [9.17, 15) is 9.59 Å². The van der Waals surface area contributed by atoms with Crippen molar-refractivity contribution >= 4 is 17.7 Å². The first kappa shape index (κ1) is 17.7. The van der Waals surface area contributed by atoms with Crippen molar-refractivity contribution in [3.8, 4) is 5.75 Å². The van der Waals surface area contributed by atoms with Crippen LogP contribution in [-0.4, -0.2) is 47.3 Å². The van der Waals surface area contributed by atoms with E-state index in [1.54, 1.807) is 34.6 Å². The maximum Gasteiger partial charge on any atom is 0.277 e. The van der Waals surface area contributed by atoms with Gasteiger partial charge in [-0.1, -0.05) is 42.5 Å². The number of rotatable bonds is 3. The predicted octanol–water partition coefficient (Wildman–Crippen LogP) is 2.25. The third-order valence-corrected chi connectivity index (χ3v) is 6.10. The fourth-order valence-corrected chi connectivity index (χ4v) is 4.67. The van der Waals surface area contributed by atoms with E-state index in [1.165, 1.54) is 13.2 Å². The molecule has 2 aromatic rings. The summed E-state index contributed by atoms with van der Waals surface area (Å²) in [6.45, 7) is 0. The Bertz CT molecular complexity index is 957. The first-order valence-corrected chi connectivity index (χ1v) is 9.98. The molecular weight excluding hydrogens is 362 g/mol. The second kappa shape index (κ2) is 6.81. The molecular formula is C20H21N3O3S. The van der Waals surface area contributed by atoms with E-state index < -0.39 is 0 Å². The van der Waals surface area contributed by atoms with Crippen molar-refractivity contribution in [1.82, 2.24) is 9.58 Å². The van der Waals surface area contributed by atoms with Crippen LogP contribution in [0.3, 0.4) is 0 Å². The Morgan fingerprint density at radius 1 is 1.07 bits per heavy atom. The van der Waals surface area contributed by atoms with E-state index in [0.29, 0.717) is 0 Å². The quantitative estimate of drug-likeness (QED) is 0.761. The number of nitrogens with zero attached hydrogens (tertiary/aromatic N) is 3. The summed E-state index contributed by atoms with van der Waals surface area (Å²) >= 11 is 1.69. The molecule has 3 heterocycles. The molecule has 0 saturated heterocycles. The highest BCUT2D eigenvalue weighted by Gasteiger charge is 2.45. The Labute approximate surface area is 162 Å². The van der Waals surface area contributed by atoms with Crippen LogP contribution < -0.4 is 15.2 Å². The molecule has 0 unspecified atom stereocenters. The molecule has 1 aromatic carbocycles. The number of hydrogen-bond donors (Lipinski definition) is 0. The fraction of sp³-hybridized carbons (Fsp3) is 0.300. The van der Waals surface area contributed by atoms with Crippen molar-refractivity contribution in [3.63, 3.8) is 0 Å². The van der Waals surface area contributed by atoms with Crippen LogP contribution in [0.15, 0.2) is 59.5 Å². The zero-order valence-electron chi connectivity index (χ0n) is 15.4. The van der Waals surface area contributed by atoms with Gasteiger partial charge in [-0.25, -0.2) is 0 Å². The first-order valence-electron chi connectivity index (χ1n) is 8.70. The number of carbonyl (C=O) groups excluding carboxylic acids is 1. The number of thioether (sulfide) groups is 1. The number of hydrogen-bond acceptors (Lipinski definition) is 5. The molecule has 2 aliphatic heterocycles. The average molecular weight is 383 g/mol. The predicted molar refractivity (Wildman–Crippen MR) is 107 cm³/mol. The third-order valence-electron chi connectivity index (χ3n) is 5.15. The molecule has 1 amide bonds. The van der Waals surface area contributed by atoms with Crippen LogP contribution in [0.5, 0.6) is 5.75 Å². The highest BCUT2D eigenvalue weighted by Crippen LogP contribution is 2.37. The summed E-state index contributed by atoms with van der Waals surface area (Å²) in [6, 6.07) is 11.5. The minimum absolute atomic E-state index is 0.0684. The van der Waals surface area contributed by atoms with Crippen LogP contribution in [0.1, 0.15) is 22.1 Å². The van der Waals surface area contributed by atoms with Crippen molar-refractivity contribution in [2.75, 3.05) is 25.4 Å². The van der Waals surface area contributed by atoms with Gasteiger partial charge in [0.15, 0.2) is 11.4 Å². The van der Waals surface area contributed by atoms with E-state index in [-0.39, 0.29) is 40.2 Å². The second-order valence-electron chi connectivity index (χ2n) is 6.56. The maximum absolute atomic E-state index is 13.1. The molecule has 27 heavy (non-hydrogen) atoms. The molecule has 6 nitrogen and oxygen atoms in total. The van der Waals surface area contributed by atoms with Gasteiger partial charge in [-0.2, -0.15) is 11.8 Å². The number of pyridine rings is 1. The number of benzene rings is 1. The number of aromatic nitrogens is 1. The number of fused-ring (bicyclic) bond motifs is 3. The van der Waals surface area contributed by atoms with E-state index in [1.807, 2.05) is 24.5 Å². The molecule has 0 N–H and O–H groups in total. The van der Waals surface area contributed by atoms with E-state index >= 15 is 0 Å². The second-order valence-corrected chi connectivity index (χ2v) is 7.57. The molecule has 0 radical (unpaired) electrons. The van der Waals surface area contributed by atoms with E-state index in [0.717, 1.165) is 5.56 Å². The van der Waals surface area contributed by atoms with Crippen molar-refractivity contribution in [1.29, 1.82) is 0 Å². The van der Waals surface area contributed by atoms with Gasteiger partial charge in [0.05, 0.1) is 18.4 Å². The highest BCUT2D eigenvalue weighted by molar-refractivity contribution is 7.99. The molecule has 2 aliphatic rings. The standard InChI is InChI=1S/C20H21N3O3S/c1-21-19-16(27-3)10-9-14(13-7-5-4-6-8-13)23(19)22-12-11-15(24)18(26-2)17(22)20(21)25/h4-12,14,16,19H,1-3H3/t14-,16-,19-/m0/s1. The van der Waals surface area contributed by atoms with E-state index in [2.05, 4.69) is 29.3 Å². The van der Waals surface area contributed by atoms with E-state index in [4.69, 9.17) is 4.74 Å². The summed E-state index contributed by atoms with van der Waals surface area (Å²) in [7, 11) is 3.21. The Kier molecular flexibility index (Phi) is 4.47. The monoisotopic (exact) mass is 383 g/mol. The topological polar surface area (TPSA) is 54.8 Å². The van der Waals surface area contributed by atoms with Crippen LogP contribution in [0.25, 0.3) is 0 Å². The van der Waals surface area contributed by atoms with Gasteiger partial charge in [0.2, 0.25) is 5.43 Å². The highest BCUT2D eigenvalue weighted by atomic mass is 32.2. The Hall–Kier alpha value is -2.67. The lowest BCUT2D eigenvalue weighted by Crippen LogP contribution is -2.65. The molecule has 140 valence electrons. The number of carbonyl (C=O) groups is 1. The largest absolute Gasteiger partial charge is 0.491 e. The maximum atomic E-state index is 13.1. The molecule has 1 aromatic heterocycles. The Morgan fingerprint density at radius 2 is 1.81 bits per heavy atom. The summed E-state index contributed by atoms with van der Waals surface area (Å²) in [5.74, 6) is -0.137. The fourth-order valence-electron chi connectivity index (χ4n) is 3.87. The van der Waals surface area contributed by atoms with Gasteiger partial charge in [-0.05, 0) is 11.8 Å². The molecule has 0 aliphatic carbocycles. The summed E-state index contributed by atoms with van der Waals surface area (Å²) in [6.07, 6.45) is 7.85. The third kappa shape index (κ3) is 2.65. The smallest absolute Gasteiger partial charge is 0.277 e. The van der Waals surface area contributed by atoms with Gasteiger partial charge in [-0.3, -0.25) is 19.3 Å². The molecule has 0 fully saturated rings. The lowest BCUT2D eigenvalue weighted by Gasteiger charge is -2.52. The SMILES string of the molecule is COc1c2n(ccc1=O)N1[C@H](c3ccccc3)C=C[C@H](SC)[C@H]1N(C)C2=O. The van der Waals surface area contributed by atoms with Crippen LogP contribution in [0, 0.1) is 0 Å². The van der Waals surface area contributed by atoms with Crippen molar-refractivity contribution < 1.29 is 9.53 Å². The van der Waals surface area contributed by atoms with Crippen molar-refractivity contribution in [2.24, 2.45) is 0 Å². The van der Waals surface area contributed by atoms with Gasteiger partial charge < -0.3 is 9.64 Å². The summed E-state index contributed by atoms with van der Waals surface area (Å²) in [5, 5.41) is 2.26. The Morgan fingerprint density at radius 3 is 2.48 bits per heavy atom. The lowest BCUT2D eigenvalue weighted by atomic mass is 9.99. The zero-order chi connectivity index (χ0) is 19.1.